The molecule has 0 aromatic heterocycles. The molecule has 0 bridgehead atoms. The quantitative estimate of drug-likeness (QED) is 0.607. The Morgan fingerprint density at radius 1 is 1.48 bits per heavy atom. The van der Waals surface area contributed by atoms with Gasteiger partial charge in [0.05, 0.1) is 6.10 Å². The first-order chi connectivity index (χ1) is 9.85. The summed E-state index contributed by atoms with van der Waals surface area (Å²) in [6.07, 6.45) is 2.26. The number of urea groups is 1. The smallest absolute Gasteiger partial charge is 0.326 e. The number of aliphatic hydroxyl groups is 1. The monoisotopic (exact) mass is 319 g/mol. The molecule has 0 saturated carbocycles. The molecule has 1 aliphatic rings. The molecule has 7 nitrogen and oxygen atoms in total. The molecule has 1 heterocycles. The Kier molecular flexibility index (Phi) is 7.27. The standard InChI is InChI=1S/C13H25N3O4S/c1-15(2)7-9-6-10(17)8-16(9)13(20)14-11(12(18)19)4-5-21-3/h9-11,17H,4-8H2,1-3H3,(H,14,20)(H,18,19). The first-order valence-corrected chi connectivity index (χ1v) is 8.36. The van der Waals surface area contributed by atoms with E-state index in [-0.39, 0.29) is 12.6 Å². The van der Waals surface area contributed by atoms with Crippen molar-refractivity contribution in [3.63, 3.8) is 0 Å². The number of hydrogen-bond donors (Lipinski definition) is 3. The van der Waals surface area contributed by atoms with Crippen LogP contribution in [0.5, 0.6) is 0 Å². The largest absolute Gasteiger partial charge is 0.480 e. The fraction of sp³-hybridized carbons (Fsp3) is 0.846. The molecule has 1 saturated heterocycles. The van der Waals surface area contributed by atoms with Gasteiger partial charge in [0.1, 0.15) is 6.04 Å². The number of carboxylic acids is 1. The zero-order valence-electron chi connectivity index (χ0n) is 12.8. The van der Waals surface area contributed by atoms with Gasteiger partial charge in [-0.3, -0.25) is 0 Å². The van der Waals surface area contributed by atoms with Gasteiger partial charge in [0.15, 0.2) is 0 Å². The minimum absolute atomic E-state index is 0.0926. The van der Waals surface area contributed by atoms with Crippen molar-refractivity contribution in [1.82, 2.24) is 15.1 Å². The summed E-state index contributed by atoms with van der Waals surface area (Å²) in [7, 11) is 3.80. The number of β-amino-alcohol motifs (C(OH)–C–C–N with tert-alkyl or cyclic N) is 1. The van der Waals surface area contributed by atoms with Crippen LogP contribution in [0.3, 0.4) is 0 Å². The Morgan fingerprint density at radius 3 is 2.67 bits per heavy atom. The van der Waals surface area contributed by atoms with Crippen LogP contribution < -0.4 is 5.32 Å². The molecular weight excluding hydrogens is 294 g/mol. The molecule has 1 fully saturated rings. The predicted octanol–water partition coefficient (Wildman–Crippen LogP) is -0.101. The number of hydrogen-bond acceptors (Lipinski definition) is 5. The van der Waals surface area contributed by atoms with Gasteiger partial charge in [-0.25, -0.2) is 9.59 Å². The normalized spacial score (nSPS) is 23.4. The number of nitrogens with one attached hydrogen (secondary N) is 1. The third-order valence-corrected chi connectivity index (χ3v) is 4.08. The molecule has 3 atom stereocenters. The van der Waals surface area contributed by atoms with Crippen LogP contribution in [0.4, 0.5) is 4.79 Å². The molecule has 0 spiro atoms. The molecule has 8 heteroatoms. The first-order valence-electron chi connectivity index (χ1n) is 6.96. The minimum atomic E-state index is -1.03. The third-order valence-electron chi connectivity index (χ3n) is 3.44. The number of aliphatic hydroxyl groups excluding tert-OH is 1. The van der Waals surface area contributed by atoms with Gasteiger partial charge in [0.2, 0.25) is 0 Å². The molecule has 122 valence electrons. The van der Waals surface area contributed by atoms with E-state index >= 15 is 0 Å². The zero-order valence-corrected chi connectivity index (χ0v) is 13.6. The molecule has 0 aliphatic carbocycles. The highest BCUT2D eigenvalue weighted by molar-refractivity contribution is 7.98. The van der Waals surface area contributed by atoms with Gasteiger partial charge in [-0.15, -0.1) is 0 Å². The number of nitrogens with zero attached hydrogens (tertiary/aromatic N) is 2. The van der Waals surface area contributed by atoms with Crippen molar-refractivity contribution in [2.45, 2.75) is 31.0 Å². The maximum Gasteiger partial charge on any atom is 0.326 e. The second-order valence-corrected chi connectivity index (χ2v) is 6.57. The van der Waals surface area contributed by atoms with Gasteiger partial charge in [-0.2, -0.15) is 11.8 Å². The number of carbonyl (C=O) groups is 2. The van der Waals surface area contributed by atoms with Gasteiger partial charge in [0.25, 0.3) is 0 Å². The van der Waals surface area contributed by atoms with Crippen molar-refractivity contribution in [3.05, 3.63) is 0 Å². The summed E-state index contributed by atoms with van der Waals surface area (Å²) in [5.74, 6) is -0.359. The van der Waals surface area contributed by atoms with Gasteiger partial charge in [0, 0.05) is 19.1 Å². The Hall–Kier alpha value is -0.990. The number of carboxylic acid groups (broad SMARTS) is 1. The lowest BCUT2D eigenvalue weighted by Gasteiger charge is -2.28. The van der Waals surface area contributed by atoms with Crippen LogP contribution in [0.2, 0.25) is 0 Å². The van der Waals surface area contributed by atoms with E-state index in [2.05, 4.69) is 5.32 Å². The third kappa shape index (κ3) is 5.72. The van der Waals surface area contributed by atoms with Gasteiger partial charge in [-0.05, 0) is 38.9 Å². The summed E-state index contributed by atoms with van der Waals surface area (Å²) in [6.45, 7) is 0.895. The Labute approximate surface area is 129 Å². The van der Waals surface area contributed by atoms with Crippen LogP contribution in [0, 0.1) is 0 Å². The fourth-order valence-corrected chi connectivity index (χ4v) is 2.93. The molecule has 3 N–H and O–H groups in total. The van der Waals surface area contributed by atoms with Crippen LogP contribution in [-0.4, -0.2) is 89.4 Å². The molecule has 21 heavy (non-hydrogen) atoms. The van der Waals surface area contributed by atoms with E-state index in [0.29, 0.717) is 25.1 Å². The fourth-order valence-electron chi connectivity index (χ4n) is 2.46. The van der Waals surface area contributed by atoms with Crippen molar-refractivity contribution >= 4 is 23.8 Å². The molecular formula is C13H25N3O4S. The number of amides is 2. The Balaban J connectivity index is 2.64. The summed E-state index contributed by atoms with van der Waals surface area (Å²) in [5, 5.41) is 21.5. The van der Waals surface area contributed by atoms with Crippen LogP contribution in [-0.2, 0) is 4.79 Å². The van der Waals surface area contributed by atoms with Crippen LogP contribution in [0.15, 0.2) is 0 Å². The van der Waals surface area contributed by atoms with Crippen molar-refractivity contribution in [2.24, 2.45) is 0 Å². The van der Waals surface area contributed by atoms with Crippen molar-refractivity contribution in [1.29, 1.82) is 0 Å². The topological polar surface area (TPSA) is 93.1 Å². The van der Waals surface area contributed by atoms with Crippen LogP contribution in [0.25, 0.3) is 0 Å². The predicted molar refractivity (Wildman–Crippen MR) is 82.6 cm³/mol. The van der Waals surface area contributed by atoms with E-state index < -0.39 is 24.1 Å². The lowest BCUT2D eigenvalue weighted by molar-refractivity contribution is -0.139. The number of likely N-dealkylation sites (tertiary alicyclic amines) is 1. The number of thioether (sulfide) groups is 1. The molecule has 1 aliphatic heterocycles. The molecule has 0 aromatic rings. The summed E-state index contributed by atoms with van der Waals surface area (Å²) < 4.78 is 0. The van der Waals surface area contributed by atoms with E-state index in [0.717, 1.165) is 0 Å². The summed E-state index contributed by atoms with van der Waals surface area (Å²) in [4.78, 5) is 26.9. The van der Waals surface area contributed by atoms with E-state index in [9.17, 15) is 14.7 Å². The number of aliphatic carboxylic acids is 1. The molecule has 0 aromatic carbocycles. The van der Waals surface area contributed by atoms with Crippen LogP contribution in [0.1, 0.15) is 12.8 Å². The van der Waals surface area contributed by atoms with Crippen molar-refractivity contribution in [2.75, 3.05) is 39.2 Å². The van der Waals surface area contributed by atoms with E-state index in [1.807, 2.05) is 25.3 Å². The molecule has 0 radical (unpaired) electrons. The summed E-state index contributed by atoms with van der Waals surface area (Å²) in [6, 6.07) is -1.39. The average Bonchev–Trinajstić information content (AvgIpc) is 2.73. The van der Waals surface area contributed by atoms with Crippen LogP contribution >= 0.6 is 11.8 Å². The molecule has 3 unspecified atom stereocenters. The second-order valence-electron chi connectivity index (χ2n) is 5.58. The summed E-state index contributed by atoms with van der Waals surface area (Å²) >= 11 is 1.54. The first kappa shape index (κ1) is 18.1. The average molecular weight is 319 g/mol. The highest BCUT2D eigenvalue weighted by Gasteiger charge is 2.35. The highest BCUT2D eigenvalue weighted by atomic mass is 32.2. The number of likely N-dealkylation sites (N-methyl/N-ethyl adjacent to an activating group) is 1. The highest BCUT2D eigenvalue weighted by Crippen LogP contribution is 2.18. The van der Waals surface area contributed by atoms with Gasteiger partial charge in [-0.1, -0.05) is 0 Å². The van der Waals surface area contributed by atoms with E-state index in [1.54, 1.807) is 16.7 Å². The lowest BCUT2D eigenvalue weighted by Crippen LogP contribution is -2.51. The second kappa shape index (κ2) is 8.45. The molecule has 1 rings (SSSR count). The lowest BCUT2D eigenvalue weighted by atomic mass is 10.2. The maximum atomic E-state index is 12.3. The summed E-state index contributed by atoms with van der Waals surface area (Å²) in [5.41, 5.74) is 0. The maximum absolute atomic E-state index is 12.3. The number of rotatable bonds is 7. The SMILES string of the molecule is CSCCC(NC(=O)N1CC(O)CC1CN(C)C)C(=O)O. The Morgan fingerprint density at radius 2 is 2.14 bits per heavy atom. The van der Waals surface area contributed by atoms with E-state index in [4.69, 9.17) is 5.11 Å². The Bertz CT molecular complexity index is 367. The minimum Gasteiger partial charge on any atom is -0.480 e. The van der Waals surface area contributed by atoms with Gasteiger partial charge >= 0.3 is 12.0 Å². The van der Waals surface area contributed by atoms with Gasteiger partial charge < -0.3 is 25.3 Å². The molecule has 2 amide bonds. The number of carbonyl (C=O) groups excluding carboxylic acids is 1. The van der Waals surface area contributed by atoms with E-state index in [1.165, 1.54) is 0 Å². The van der Waals surface area contributed by atoms with Crippen molar-refractivity contribution < 1.29 is 19.8 Å². The zero-order chi connectivity index (χ0) is 16.0. The van der Waals surface area contributed by atoms with Crippen molar-refractivity contribution in [3.8, 4) is 0 Å².